The first-order chi connectivity index (χ1) is 64.1. The topological polar surface area (TPSA) is 218 Å². The summed E-state index contributed by atoms with van der Waals surface area (Å²) in [6, 6.07) is 95.4. The Balaban J connectivity index is 0.000000136. The molecular formula is C106H83Ir5N20S5-5. The Morgan fingerprint density at radius 1 is 0.243 bits per heavy atom. The average molecular weight is 2760 g/mol. The fourth-order valence-electron chi connectivity index (χ4n) is 16.8. The minimum Gasteiger partial charge on any atom is -0.293 e. The second-order valence-electron chi connectivity index (χ2n) is 31.9. The summed E-state index contributed by atoms with van der Waals surface area (Å²) >= 11 is 8.10. The summed E-state index contributed by atoms with van der Waals surface area (Å²) in [6.07, 6.45) is 7.99. The molecule has 0 amide bonds. The maximum Gasteiger partial charge on any atom is 0.127 e. The number of nitrogens with zero attached hydrogens (tertiary/aromatic N) is 20. The van der Waals surface area contributed by atoms with E-state index in [2.05, 4.69) is 333 Å². The molecule has 0 fully saturated rings. The molecule has 687 valence electrons. The Morgan fingerprint density at radius 2 is 0.500 bits per heavy atom. The van der Waals surface area contributed by atoms with Crippen LogP contribution in [0.15, 0.2) is 290 Å². The van der Waals surface area contributed by atoms with Gasteiger partial charge in [0.25, 0.3) is 0 Å². The van der Waals surface area contributed by atoms with E-state index in [1.54, 1.807) is 88.3 Å². The number of aryl methyl sites for hydroxylation is 7. The summed E-state index contributed by atoms with van der Waals surface area (Å²) in [6.45, 7) is 23.6. The van der Waals surface area contributed by atoms with E-state index in [9.17, 15) is 0 Å². The largest absolute Gasteiger partial charge is 0.293 e. The number of thiazole rings is 5. The molecule has 0 N–H and O–H groups in total. The fraction of sp³-hybridized carbons (Fsp3) is 0.123. The van der Waals surface area contributed by atoms with Gasteiger partial charge >= 0.3 is 0 Å². The molecule has 23 rings (SSSR count). The van der Waals surface area contributed by atoms with Gasteiger partial charge in [0, 0.05) is 139 Å². The molecule has 23 aromatic rings. The second kappa shape index (κ2) is 45.0. The van der Waals surface area contributed by atoms with Gasteiger partial charge in [-0.15, -0.1) is 148 Å². The Morgan fingerprint density at radius 3 is 0.801 bits per heavy atom. The van der Waals surface area contributed by atoms with E-state index in [-0.39, 0.29) is 101 Å². The van der Waals surface area contributed by atoms with Crippen LogP contribution in [0.5, 0.6) is 0 Å². The molecule has 0 aliphatic heterocycles. The predicted molar refractivity (Wildman–Crippen MR) is 532 cm³/mol. The number of fused-ring (bicyclic) bond motifs is 5. The van der Waals surface area contributed by atoms with Gasteiger partial charge in [0.2, 0.25) is 0 Å². The standard InChI is InChI=1S/C27H17N4S.C23H17N4S.C21H21N4S.C18H15N4S.C17H13N4S.5Ir/c1-3-9-19(10-4-1)21-13-7-14-22(20-11-5-2-6-12-20)26(21)31-27(28-17-30-31)23-15-8-16-24-25(23)29-18-32-24;1-15-11-18(17-7-4-3-5-8-17)12-16(2)22(15)27-23(24-13-26-27)19-9-6-10-20-21(19)25-14-28-20;1-13(2)15-7-5-8-16(14(3)4)20(15)25-21(22-11-24-25)17-9-6-10-18-19(17)23-12-26-18;1-11-7-12(2)17(13(3)8-11)22-18(19-9-21-22)14-5-4-6-15-16(14)20-10-23-15;1-11-5-3-6-12(2)16(11)21-17(18-9-20-21)13-7-4-8-14-15(13)19-10-22-14;;;;;/h1-14,16-18H;3-8,10-14H,1-2H3;5-8,10-14H,1-4H3;4,6-10H,1-3H3;3-6,8-10H,1-2H3;;;;;/q5*-1;;;;;. The van der Waals surface area contributed by atoms with Gasteiger partial charge in [-0.2, -0.15) is 25.5 Å². The number of hydrogen-bond acceptors (Lipinski definition) is 20. The summed E-state index contributed by atoms with van der Waals surface area (Å²) in [5, 5.41) is 22.7. The third-order valence-corrected chi connectivity index (χ3v) is 26.6. The van der Waals surface area contributed by atoms with Crippen molar-refractivity contribution in [1.82, 2.24) is 98.7 Å². The third-order valence-electron chi connectivity index (χ3n) is 22.6. The van der Waals surface area contributed by atoms with Gasteiger partial charge in [-0.3, -0.25) is 73.2 Å². The van der Waals surface area contributed by atoms with Crippen LogP contribution in [0.4, 0.5) is 0 Å². The number of aromatic nitrogens is 20. The van der Waals surface area contributed by atoms with Crippen LogP contribution < -0.4 is 0 Å². The molecule has 5 radical (unpaired) electrons. The molecule has 10 aromatic heterocycles. The van der Waals surface area contributed by atoms with Crippen molar-refractivity contribution >= 4 is 108 Å². The summed E-state index contributed by atoms with van der Waals surface area (Å²) < 4.78 is 15.2. The van der Waals surface area contributed by atoms with Crippen molar-refractivity contribution < 1.29 is 101 Å². The zero-order valence-corrected chi connectivity index (χ0v) is 91.1. The molecule has 0 aliphatic rings. The van der Waals surface area contributed by atoms with E-state index in [1.807, 2.05) is 130 Å². The van der Waals surface area contributed by atoms with Crippen LogP contribution in [-0.2, 0) is 101 Å². The Kier molecular flexibility index (Phi) is 33.2. The number of hydrogen-bond donors (Lipinski definition) is 0. The Bertz CT molecular complexity index is 7880. The van der Waals surface area contributed by atoms with Crippen LogP contribution in [0.3, 0.4) is 0 Å². The molecule has 20 nitrogen and oxygen atoms in total. The van der Waals surface area contributed by atoms with E-state index < -0.39 is 0 Å². The zero-order chi connectivity index (χ0) is 89.8. The van der Waals surface area contributed by atoms with E-state index in [0.29, 0.717) is 11.8 Å². The van der Waals surface area contributed by atoms with Gasteiger partial charge in [-0.25, -0.2) is 0 Å². The van der Waals surface area contributed by atoms with Crippen LogP contribution in [0.1, 0.15) is 89.6 Å². The van der Waals surface area contributed by atoms with Gasteiger partial charge in [0.15, 0.2) is 0 Å². The molecule has 0 unspecified atom stereocenters. The molecule has 0 aliphatic carbocycles. The average Bonchev–Trinajstić information content (AvgIpc) is 1.61. The Hall–Kier alpha value is -11.7. The van der Waals surface area contributed by atoms with Crippen molar-refractivity contribution in [2.45, 2.75) is 88.0 Å². The van der Waals surface area contributed by atoms with Gasteiger partial charge in [0.05, 0.1) is 85.1 Å². The van der Waals surface area contributed by atoms with Gasteiger partial charge in [0.1, 0.15) is 31.6 Å². The van der Waals surface area contributed by atoms with Crippen LogP contribution in [0.25, 0.3) is 170 Å². The van der Waals surface area contributed by atoms with Crippen LogP contribution in [0.2, 0.25) is 0 Å². The van der Waals surface area contributed by atoms with Crippen molar-refractivity contribution in [2.24, 2.45) is 0 Å². The van der Waals surface area contributed by atoms with Crippen molar-refractivity contribution in [3.8, 4) is 119 Å². The summed E-state index contributed by atoms with van der Waals surface area (Å²) in [4.78, 5) is 45.3. The minimum absolute atomic E-state index is 0. The third kappa shape index (κ3) is 20.5. The molecular weight excluding hydrogens is 2670 g/mol. The first-order valence-corrected chi connectivity index (χ1v) is 46.9. The van der Waals surface area contributed by atoms with E-state index >= 15 is 0 Å². The van der Waals surface area contributed by atoms with Gasteiger partial charge in [-0.1, -0.05) is 219 Å². The first kappa shape index (κ1) is 100. The quantitative estimate of drug-likeness (QED) is 0.0872. The number of rotatable bonds is 15. The molecule has 0 atom stereocenters. The van der Waals surface area contributed by atoms with Crippen LogP contribution in [0, 0.1) is 78.8 Å². The monoisotopic (exact) mass is 2760 g/mol. The van der Waals surface area contributed by atoms with E-state index in [0.717, 1.165) is 181 Å². The smallest absolute Gasteiger partial charge is 0.127 e. The first-order valence-electron chi connectivity index (χ1n) is 42.5. The fourth-order valence-corrected chi connectivity index (χ4v) is 20.3. The molecule has 0 saturated carbocycles. The molecule has 13 aromatic carbocycles. The molecule has 10 heterocycles. The maximum absolute atomic E-state index is 4.69. The van der Waals surface area contributed by atoms with Crippen molar-refractivity contribution in [1.29, 1.82) is 0 Å². The predicted octanol–water partition coefficient (Wildman–Crippen LogP) is 26.1. The van der Waals surface area contributed by atoms with Crippen molar-refractivity contribution in [3.63, 3.8) is 0 Å². The number of para-hydroxylation sites is 3. The number of benzene rings is 13. The molecule has 30 heteroatoms. The van der Waals surface area contributed by atoms with Crippen molar-refractivity contribution in [2.75, 3.05) is 0 Å². The molecule has 0 bridgehead atoms. The molecule has 0 spiro atoms. The summed E-state index contributed by atoms with van der Waals surface area (Å²) in [5.74, 6) is 4.60. The van der Waals surface area contributed by atoms with E-state index in [4.69, 9.17) is 0 Å². The van der Waals surface area contributed by atoms with Gasteiger partial charge in [-0.05, 0) is 163 Å². The maximum atomic E-state index is 4.69. The molecule has 136 heavy (non-hydrogen) atoms. The SMILES string of the molecule is CC(C)c1cccc(C(C)C)c1-n1ncnc1-c1[c-]ccc2scnc12.Cc1cc(-c2ccccc2)cc(C)c1-n1ncnc1-c1[c-]ccc2scnc12.Cc1cc(C)c(-n2ncnc2-c2[c-]ccc3scnc23)c(C)c1.Cc1cccc(C)c1-n1ncnc1-c1[c-]ccc2scnc12.[Ir].[Ir].[Ir].[Ir].[Ir].[c-]1ccc2scnc2c1-c1ncnn1-c1c(-c2ccccc2)cccc1-c1ccccc1. The minimum atomic E-state index is 0. The molecule has 0 saturated heterocycles. The van der Waals surface area contributed by atoms with Gasteiger partial charge < -0.3 is 0 Å². The van der Waals surface area contributed by atoms with Crippen molar-refractivity contribution in [3.05, 3.63) is 370 Å². The van der Waals surface area contributed by atoms with Crippen LogP contribution in [-0.4, -0.2) is 98.7 Å². The summed E-state index contributed by atoms with van der Waals surface area (Å²) in [5.41, 5.74) is 41.2. The summed E-state index contributed by atoms with van der Waals surface area (Å²) in [7, 11) is 0. The van der Waals surface area contributed by atoms with E-state index in [1.165, 1.54) is 38.9 Å². The Labute approximate surface area is 874 Å². The zero-order valence-electron chi connectivity index (χ0n) is 75.0. The second-order valence-corrected chi connectivity index (χ2v) is 36.3. The normalized spacial score (nSPS) is 10.9. The van der Waals surface area contributed by atoms with Crippen LogP contribution >= 0.6 is 56.7 Å².